The van der Waals surface area contributed by atoms with Gasteiger partial charge in [0.2, 0.25) is 11.8 Å². The number of aliphatic carboxylic acids is 1. The van der Waals surface area contributed by atoms with E-state index in [1.54, 1.807) is 0 Å². The minimum atomic E-state index is -1.48. The maximum absolute atomic E-state index is 14.3. The molecule has 1 saturated heterocycles. The van der Waals surface area contributed by atoms with Gasteiger partial charge >= 0.3 is 12.1 Å². The number of nitrogens with one attached hydrogen (secondary N) is 2. The highest BCUT2D eigenvalue weighted by molar-refractivity contribution is 5.96. The molecule has 11 nitrogen and oxygen atoms in total. The Hall–Kier alpha value is -5.19. The first-order chi connectivity index (χ1) is 24.7. The van der Waals surface area contributed by atoms with Crippen LogP contribution >= 0.6 is 0 Å². The third-order valence-electron chi connectivity index (χ3n) is 10.0. The van der Waals surface area contributed by atoms with Crippen LogP contribution in [0, 0.1) is 5.92 Å². The number of carbonyl (C=O) groups is 4. The van der Waals surface area contributed by atoms with Gasteiger partial charge in [-0.3, -0.25) is 9.59 Å². The molecule has 1 aromatic heterocycles. The maximum atomic E-state index is 14.3. The maximum Gasteiger partial charge on any atom is 0.407 e. The second kappa shape index (κ2) is 15.8. The summed E-state index contributed by atoms with van der Waals surface area (Å²) in [4.78, 5) is 59.9. The molecule has 2 aliphatic heterocycles. The van der Waals surface area contributed by atoms with Crippen molar-refractivity contribution >= 4 is 40.9 Å². The molecule has 3 aliphatic rings. The van der Waals surface area contributed by atoms with E-state index in [2.05, 4.69) is 29.4 Å². The molecular formula is C40H46N4O7. The van der Waals surface area contributed by atoms with Crippen LogP contribution in [0.5, 0.6) is 5.75 Å². The zero-order chi connectivity index (χ0) is 36.0. The fraction of sp³-hybridized carbons (Fsp3) is 0.425. The average Bonchev–Trinajstić information content (AvgIpc) is 3.70. The molecule has 3 aromatic rings. The highest BCUT2D eigenvalue weighted by atomic mass is 16.5. The van der Waals surface area contributed by atoms with E-state index < -0.39 is 53.5 Å². The van der Waals surface area contributed by atoms with Crippen molar-refractivity contribution in [3.8, 4) is 17.0 Å². The number of carbonyl (C=O) groups excluding carboxylic acids is 3. The van der Waals surface area contributed by atoms with Crippen molar-refractivity contribution in [3.05, 3.63) is 78.9 Å². The van der Waals surface area contributed by atoms with Crippen LogP contribution in [0.2, 0.25) is 0 Å². The van der Waals surface area contributed by atoms with Crippen molar-refractivity contribution in [2.75, 3.05) is 13.2 Å². The summed E-state index contributed by atoms with van der Waals surface area (Å²) in [5.74, 6) is -2.06. The van der Waals surface area contributed by atoms with Crippen LogP contribution in [0.1, 0.15) is 70.3 Å². The third-order valence-corrected chi connectivity index (χ3v) is 10.0. The highest BCUT2D eigenvalue weighted by Crippen LogP contribution is 2.45. The number of hydrogen-bond donors (Lipinski definition) is 3. The van der Waals surface area contributed by atoms with Crippen molar-refractivity contribution < 1.29 is 33.8 Å². The van der Waals surface area contributed by atoms with Gasteiger partial charge in [-0.2, -0.15) is 0 Å². The van der Waals surface area contributed by atoms with Gasteiger partial charge in [0.05, 0.1) is 24.4 Å². The number of nitrogens with zero attached hydrogens (tertiary/aromatic N) is 2. The number of allylic oxidation sites excluding steroid dienone is 1. The lowest BCUT2D eigenvalue weighted by atomic mass is 10.1. The first-order valence-corrected chi connectivity index (χ1v) is 18.0. The standard InChI is InChI=1S/C40H46N4O7/c1-3-5-17-32-37(46)44-25-29(22-34(44)36(45)43-40(38(47)48)24-28(40)4-2)51-35-23-33(27-15-11-9-12-16-27)41-31-19-18-26(21-30(31)35)14-10-7-6-8-13-20-50-39(49)42-32/h4,9-12,14-16,18-19,21,23,28-29,32,34H,2-3,5-8,13,17,20,22,24-25H2,1H3,(H,42,49)(H,43,45)(H,47,48)/b14-10-/t28-,29-,32+,34+,40-/m1/s1. The molecule has 3 N–H and O–H groups in total. The molecule has 2 fully saturated rings. The Kier molecular flexibility index (Phi) is 11.0. The normalized spacial score (nSPS) is 26.0. The predicted octanol–water partition coefficient (Wildman–Crippen LogP) is 6.27. The van der Waals surface area contributed by atoms with E-state index in [1.165, 1.54) is 11.0 Å². The third kappa shape index (κ3) is 8.08. The largest absolute Gasteiger partial charge is 0.488 e. The van der Waals surface area contributed by atoms with Gasteiger partial charge in [0.15, 0.2) is 0 Å². The number of rotatable bonds is 8. The Balaban J connectivity index is 1.39. The Labute approximate surface area is 298 Å². The summed E-state index contributed by atoms with van der Waals surface area (Å²) >= 11 is 0. The van der Waals surface area contributed by atoms with Crippen molar-refractivity contribution in [2.45, 2.75) is 88.4 Å². The van der Waals surface area contributed by atoms with Crippen molar-refractivity contribution in [1.82, 2.24) is 20.5 Å². The molecule has 0 spiro atoms. The molecule has 2 aromatic carbocycles. The number of aromatic nitrogens is 1. The van der Waals surface area contributed by atoms with Crippen LogP contribution in [-0.4, -0.2) is 75.7 Å². The minimum absolute atomic E-state index is 0.0469. The number of carboxylic acid groups (broad SMARTS) is 1. The number of benzene rings is 2. The number of alkyl carbamates (subject to hydrolysis) is 1. The summed E-state index contributed by atoms with van der Waals surface area (Å²) in [5.41, 5.74) is 1.87. The van der Waals surface area contributed by atoms with E-state index in [1.807, 2.05) is 61.5 Å². The van der Waals surface area contributed by atoms with Gasteiger partial charge in [-0.05, 0) is 56.2 Å². The van der Waals surface area contributed by atoms with Gasteiger partial charge in [-0.25, -0.2) is 14.6 Å². The van der Waals surface area contributed by atoms with Crippen LogP contribution in [-0.2, 0) is 19.1 Å². The highest BCUT2D eigenvalue weighted by Gasteiger charge is 2.61. The molecule has 268 valence electrons. The average molecular weight is 695 g/mol. The molecule has 1 aliphatic carbocycles. The molecule has 1 saturated carbocycles. The summed E-state index contributed by atoms with van der Waals surface area (Å²) in [5, 5.41) is 16.3. The van der Waals surface area contributed by atoms with Gasteiger partial charge < -0.3 is 30.1 Å². The van der Waals surface area contributed by atoms with E-state index in [4.69, 9.17) is 14.5 Å². The SMILES string of the molecule is C=C[C@@H]1C[C@]1(NC(=O)[C@@H]1C[C@@H]2CN1C(=O)[C@H](CCCC)NC(=O)OCCCCC/C=C\c1ccc3nc(-c4ccccc4)cc(c3c1)O2)C(=O)O. The van der Waals surface area contributed by atoms with Crippen LogP contribution in [0.3, 0.4) is 0 Å². The molecule has 51 heavy (non-hydrogen) atoms. The quantitative estimate of drug-likeness (QED) is 0.234. The molecule has 3 amide bonds. The number of carboxylic acids is 1. The first kappa shape index (κ1) is 35.6. The van der Waals surface area contributed by atoms with Crippen LogP contribution in [0.15, 0.2) is 73.3 Å². The van der Waals surface area contributed by atoms with Crippen molar-refractivity contribution in [1.29, 1.82) is 0 Å². The van der Waals surface area contributed by atoms with Crippen LogP contribution in [0.4, 0.5) is 4.79 Å². The summed E-state index contributed by atoms with van der Waals surface area (Å²) in [7, 11) is 0. The number of pyridine rings is 1. The van der Waals surface area contributed by atoms with Gasteiger partial charge in [-0.15, -0.1) is 6.58 Å². The van der Waals surface area contributed by atoms with E-state index in [0.717, 1.165) is 47.7 Å². The molecule has 3 heterocycles. The summed E-state index contributed by atoms with van der Waals surface area (Å²) in [6, 6.07) is 15.7. The Morgan fingerprint density at radius 3 is 2.71 bits per heavy atom. The van der Waals surface area contributed by atoms with Gasteiger partial charge in [0, 0.05) is 29.4 Å². The Morgan fingerprint density at radius 1 is 1.14 bits per heavy atom. The Morgan fingerprint density at radius 2 is 1.96 bits per heavy atom. The van der Waals surface area contributed by atoms with Gasteiger partial charge in [0.1, 0.15) is 29.5 Å². The second-order valence-electron chi connectivity index (χ2n) is 13.7. The van der Waals surface area contributed by atoms with Crippen LogP contribution < -0.4 is 15.4 Å². The molecule has 6 rings (SSSR count). The first-order valence-electron chi connectivity index (χ1n) is 18.0. The Bertz CT molecular complexity index is 1810. The fourth-order valence-corrected chi connectivity index (χ4v) is 7.02. The summed E-state index contributed by atoms with van der Waals surface area (Å²) in [6.45, 7) is 5.99. The number of cyclic esters (lactones) is 1. The van der Waals surface area contributed by atoms with Crippen molar-refractivity contribution in [2.24, 2.45) is 5.92 Å². The lowest BCUT2D eigenvalue weighted by Gasteiger charge is -2.29. The van der Waals surface area contributed by atoms with Gasteiger partial charge in [0.25, 0.3) is 0 Å². The summed E-state index contributed by atoms with van der Waals surface area (Å²) in [6.07, 6.45) is 9.88. The molecule has 5 atom stereocenters. The fourth-order valence-electron chi connectivity index (χ4n) is 7.02. The molecule has 11 heteroatoms. The number of amides is 3. The predicted molar refractivity (Wildman–Crippen MR) is 194 cm³/mol. The molecule has 4 bridgehead atoms. The van der Waals surface area contributed by atoms with E-state index in [-0.39, 0.29) is 26.0 Å². The van der Waals surface area contributed by atoms with E-state index >= 15 is 0 Å². The summed E-state index contributed by atoms with van der Waals surface area (Å²) < 4.78 is 12.2. The molecular weight excluding hydrogens is 648 g/mol. The van der Waals surface area contributed by atoms with Gasteiger partial charge in [-0.1, -0.05) is 74.4 Å². The lowest BCUT2D eigenvalue weighted by molar-refractivity contribution is -0.145. The number of fused-ring (bicyclic) bond motifs is 3. The van der Waals surface area contributed by atoms with E-state index in [9.17, 15) is 24.3 Å². The van der Waals surface area contributed by atoms with Crippen molar-refractivity contribution in [3.63, 3.8) is 0 Å². The zero-order valence-corrected chi connectivity index (χ0v) is 29.0. The number of unbranched alkanes of at least 4 members (excludes halogenated alkanes) is 1. The van der Waals surface area contributed by atoms with Crippen LogP contribution in [0.25, 0.3) is 28.2 Å². The lowest BCUT2D eigenvalue weighted by Crippen LogP contribution is -2.56. The molecule has 0 radical (unpaired) electrons. The monoisotopic (exact) mass is 694 g/mol. The topological polar surface area (TPSA) is 147 Å². The number of hydrogen-bond acceptors (Lipinski definition) is 7. The second-order valence-corrected chi connectivity index (χ2v) is 13.7. The zero-order valence-electron chi connectivity index (χ0n) is 29.0. The molecule has 0 unspecified atom stereocenters. The van der Waals surface area contributed by atoms with E-state index in [0.29, 0.717) is 30.7 Å². The number of ether oxygens (including phenoxy) is 2. The smallest absolute Gasteiger partial charge is 0.407 e. The minimum Gasteiger partial charge on any atom is -0.488 e.